The number of benzene rings is 2. The highest BCUT2D eigenvalue weighted by Crippen LogP contribution is 2.80. The second-order valence-electron chi connectivity index (χ2n) is 9.52. The van der Waals surface area contributed by atoms with Gasteiger partial charge in [0.2, 0.25) is 0 Å². The first-order valence-electron chi connectivity index (χ1n) is 11.1. The molecular weight excluding hydrogens is 468 g/mol. The van der Waals surface area contributed by atoms with E-state index in [0.29, 0.717) is 25.0 Å². The molecule has 6 rings (SSSR count). The van der Waals surface area contributed by atoms with Crippen LogP contribution in [0.15, 0.2) is 48.8 Å². The topological polar surface area (TPSA) is 82.3 Å². The standard InChI is InChI=1S/C24H24F4N4O3/c1-34-8-9-35-18-5-2-16(3-6-18)21-11-22(12-21,13-21)24(27,28)23(33,14-32-15-29-30-31-32)19-7-4-17(25)10-20(19)26/h2-7,10,15,33H,8-9,11-14H2,1H3/t21?,22?,23-/m1/s1. The van der Waals surface area contributed by atoms with E-state index in [0.717, 1.165) is 28.7 Å². The van der Waals surface area contributed by atoms with Crippen LogP contribution in [0.3, 0.4) is 0 Å². The highest BCUT2D eigenvalue weighted by atomic mass is 19.3. The van der Waals surface area contributed by atoms with Crippen LogP contribution in [0.1, 0.15) is 30.4 Å². The van der Waals surface area contributed by atoms with Crippen LogP contribution < -0.4 is 4.74 Å². The molecule has 1 aromatic heterocycles. The maximum atomic E-state index is 16.2. The van der Waals surface area contributed by atoms with Crippen LogP contribution in [0.5, 0.6) is 5.75 Å². The Kier molecular flexibility index (Phi) is 5.59. The third-order valence-electron chi connectivity index (χ3n) is 7.40. The lowest BCUT2D eigenvalue weighted by Crippen LogP contribution is -2.76. The fraction of sp³-hybridized carbons (Fsp3) is 0.458. The molecule has 0 unspecified atom stereocenters. The van der Waals surface area contributed by atoms with Gasteiger partial charge in [0.25, 0.3) is 5.92 Å². The fourth-order valence-electron chi connectivity index (χ4n) is 5.68. The molecule has 3 saturated carbocycles. The second-order valence-corrected chi connectivity index (χ2v) is 9.52. The smallest absolute Gasteiger partial charge is 0.287 e. The molecule has 0 radical (unpaired) electrons. The minimum atomic E-state index is -3.75. The molecule has 3 fully saturated rings. The number of nitrogens with zero attached hydrogens (tertiary/aromatic N) is 4. The van der Waals surface area contributed by atoms with E-state index in [9.17, 15) is 13.9 Å². The molecule has 1 heterocycles. The normalized spacial score (nSPS) is 24.9. The van der Waals surface area contributed by atoms with Crippen molar-refractivity contribution in [3.8, 4) is 5.75 Å². The van der Waals surface area contributed by atoms with E-state index in [4.69, 9.17) is 9.47 Å². The van der Waals surface area contributed by atoms with E-state index in [-0.39, 0.29) is 19.3 Å². The van der Waals surface area contributed by atoms with E-state index >= 15 is 8.78 Å². The molecule has 3 aliphatic rings. The lowest BCUT2D eigenvalue weighted by Gasteiger charge is -2.74. The van der Waals surface area contributed by atoms with Gasteiger partial charge >= 0.3 is 0 Å². The molecule has 1 N–H and O–H groups in total. The summed E-state index contributed by atoms with van der Waals surface area (Å²) in [7, 11) is 1.58. The van der Waals surface area contributed by atoms with Crippen molar-refractivity contribution in [2.75, 3.05) is 20.3 Å². The van der Waals surface area contributed by atoms with Crippen LogP contribution in [-0.2, 0) is 22.3 Å². The SMILES string of the molecule is COCCOc1ccc(C23CC(C(F)(F)[C@@](O)(Cn4cnnn4)c4ccc(F)cc4F)(C2)C3)cc1. The van der Waals surface area contributed by atoms with Gasteiger partial charge in [-0.25, -0.2) is 22.2 Å². The number of ether oxygens (including phenoxy) is 2. The number of alkyl halides is 2. The average Bonchev–Trinajstić information content (AvgIpc) is 3.25. The molecule has 2 aromatic carbocycles. The molecule has 0 saturated heterocycles. The van der Waals surface area contributed by atoms with Gasteiger partial charge in [-0.05, 0) is 64.9 Å². The molecule has 2 bridgehead atoms. The summed E-state index contributed by atoms with van der Waals surface area (Å²) < 4.78 is 72.0. The van der Waals surface area contributed by atoms with Crippen LogP contribution >= 0.6 is 0 Å². The van der Waals surface area contributed by atoms with E-state index in [1.807, 2.05) is 12.1 Å². The number of halogens is 4. The first kappa shape index (κ1) is 23.7. The van der Waals surface area contributed by atoms with Gasteiger partial charge in [0, 0.05) is 24.2 Å². The molecule has 0 amide bonds. The number of tetrazole rings is 1. The Bertz CT molecular complexity index is 1190. The molecule has 1 atom stereocenters. The van der Waals surface area contributed by atoms with Gasteiger partial charge in [-0.3, -0.25) is 0 Å². The molecule has 35 heavy (non-hydrogen) atoms. The summed E-state index contributed by atoms with van der Waals surface area (Å²) in [6.07, 6.45) is 1.43. The highest BCUT2D eigenvalue weighted by molar-refractivity contribution is 5.44. The van der Waals surface area contributed by atoms with Gasteiger partial charge in [0.15, 0.2) is 5.60 Å². The van der Waals surface area contributed by atoms with Gasteiger partial charge in [0.05, 0.1) is 13.2 Å². The summed E-state index contributed by atoms with van der Waals surface area (Å²) in [5.41, 5.74) is -4.76. The molecule has 0 aliphatic heterocycles. The summed E-state index contributed by atoms with van der Waals surface area (Å²) in [4.78, 5) is 0. The van der Waals surface area contributed by atoms with Gasteiger partial charge in [0.1, 0.15) is 30.3 Å². The van der Waals surface area contributed by atoms with E-state index < -0.39 is 46.1 Å². The summed E-state index contributed by atoms with van der Waals surface area (Å²) in [5, 5.41) is 21.8. The summed E-state index contributed by atoms with van der Waals surface area (Å²) >= 11 is 0. The first-order chi connectivity index (χ1) is 16.6. The summed E-state index contributed by atoms with van der Waals surface area (Å²) in [5.74, 6) is -5.29. The van der Waals surface area contributed by atoms with E-state index in [1.165, 1.54) is 0 Å². The van der Waals surface area contributed by atoms with Crippen LogP contribution in [-0.4, -0.2) is 51.6 Å². The third-order valence-corrected chi connectivity index (χ3v) is 7.40. The second kappa shape index (κ2) is 8.27. The molecule has 3 aliphatic carbocycles. The predicted molar refractivity (Wildman–Crippen MR) is 115 cm³/mol. The Morgan fingerprint density at radius 2 is 1.77 bits per heavy atom. The Morgan fingerprint density at radius 3 is 2.37 bits per heavy atom. The van der Waals surface area contributed by atoms with Crippen molar-refractivity contribution in [2.45, 2.75) is 42.7 Å². The molecule has 186 valence electrons. The fourth-order valence-corrected chi connectivity index (χ4v) is 5.68. The van der Waals surface area contributed by atoms with Crippen molar-refractivity contribution in [1.82, 2.24) is 20.2 Å². The number of hydrogen-bond acceptors (Lipinski definition) is 6. The number of rotatable bonds is 10. The molecule has 0 spiro atoms. The van der Waals surface area contributed by atoms with Crippen LogP contribution in [0, 0.1) is 17.0 Å². The third kappa shape index (κ3) is 3.59. The maximum Gasteiger partial charge on any atom is 0.287 e. The first-order valence-corrected chi connectivity index (χ1v) is 11.1. The Balaban J connectivity index is 1.40. The summed E-state index contributed by atoms with van der Waals surface area (Å²) in [6.45, 7) is 0.0550. The van der Waals surface area contributed by atoms with E-state index in [2.05, 4.69) is 15.5 Å². The lowest BCUT2D eigenvalue weighted by atomic mass is 9.30. The Morgan fingerprint density at radius 1 is 1.06 bits per heavy atom. The summed E-state index contributed by atoms with van der Waals surface area (Å²) in [6, 6.07) is 9.48. The van der Waals surface area contributed by atoms with E-state index in [1.54, 1.807) is 19.2 Å². The quantitative estimate of drug-likeness (QED) is 0.344. The minimum Gasteiger partial charge on any atom is -0.491 e. The maximum absolute atomic E-state index is 16.2. The van der Waals surface area contributed by atoms with Crippen molar-refractivity contribution in [2.24, 2.45) is 5.41 Å². The largest absolute Gasteiger partial charge is 0.491 e. The molecular formula is C24H24F4N4O3. The predicted octanol–water partition coefficient (Wildman–Crippen LogP) is 3.62. The highest BCUT2D eigenvalue weighted by Gasteiger charge is 2.82. The van der Waals surface area contributed by atoms with Gasteiger partial charge < -0.3 is 14.6 Å². The number of aliphatic hydroxyl groups is 1. The number of aromatic nitrogens is 4. The van der Waals surface area contributed by atoms with Crippen molar-refractivity contribution in [3.05, 3.63) is 71.6 Å². The molecule has 7 nitrogen and oxygen atoms in total. The van der Waals surface area contributed by atoms with Gasteiger partial charge in [-0.15, -0.1) is 5.10 Å². The van der Waals surface area contributed by atoms with Crippen molar-refractivity contribution in [3.63, 3.8) is 0 Å². The van der Waals surface area contributed by atoms with Crippen molar-refractivity contribution >= 4 is 0 Å². The molecule has 3 aromatic rings. The monoisotopic (exact) mass is 492 g/mol. The van der Waals surface area contributed by atoms with Crippen molar-refractivity contribution in [1.29, 1.82) is 0 Å². The zero-order valence-corrected chi connectivity index (χ0v) is 18.9. The van der Waals surface area contributed by atoms with Crippen LogP contribution in [0.2, 0.25) is 0 Å². The number of hydrogen-bond donors (Lipinski definition) is 1. The van der Waals surface area contributed by atoms with Gasteiger partial charge in [-0.2, -0.15) is 0 Å². The van der Waals surface area contributed by atoms with Crippen molar-refractivity contribution < 1.29 is 32.1 Å². The average molecular weight is 492 g/mol. The van der Waals surface area contributed by atoms with Crippen LogP contribution in [0.4, 0.5) is 17.6 Å². The zero-order valence-electron chi connectivity index (χ0n) is 18.9. The Hall–Kier alpha value is -3.05. The zero-order chi connectivity index (χ0) is 24.9. The Labute approximate surface area is 198 Å². The minimum absolute atomic E-state index is 0.123. The lowest BCUT2D eigenvalue weighted by molar-refractivity contribution is -0.347. The van der Waals surface area contributed by atoms with Gasteiger partial charge in [-0.1, -0.05) is 12.1 Å². The number of methoxy groups -OCH3 is 1. The molecule has 11 heteroatoms. The van der Waals surface area contributed by atoms with Crippen LogP contribution in [0.25, 0.3) is 0 Å².